The van der Waals surface area contributed by atoms with Crippen molar-refractivity contribution in [2.45, 2.75) is 13.3 Å². The molecule has 0 radical (unpaired) electrons. The number of aryl methyl sites for hydroxylation is 1. The van der Waals surface area contributed by atoms with Crippen molar-refractivity contribution in [1.29, 1.82) is 0 Å². The smallest absolute Gasteiger partial charge is 0.335 e. The highest BCUT2D eigenvalue weighted by molar-refractivity contribution is 5.97. The summed E-state index contributed by atoms with van der Waals surface area (Å²) in [6, 6.07) is 10.2. The minimum absolute atomic E-state index is 0.102. The van der Waals surface area contributed by atoms with E-state index in [1.54, 1.807) is 27.2 Å². The molecule has 2 aromatic rings. The molecule has 0 aliphatic carbocycles. The molecule has 0 fully saturated rings. The largest absolute Gasteiger partial charge is 0.493 e. The second-order valence-electron chi connectivity index (χ2n) is 5.59. The van der Waals surface area contributed by atoms with E-state index in [1.807, 2.05) is 18.2 Å². The molecule has 2 aromatic carbocycles. The predicted octanol–water partition coefficient (Wildman–Crippen LogP) is 2.68. The average molecular weight is 343 g/mol. The first kappa shape index (κ1) is 18.3. The molecular formula is C19H21NO5. The molecule has 0 aromatic heterocycles. The summed E-state index contributed by atoms with van der Waals surface area (Å²) >= 11 is 0. The zero-order valence-corrected chi connectivity index (χ0v) is 14.5. The second kappa shape index (κ2) is 8.19. The molecule has 2 rings (SSSR count). The van der Waals surface area contributed by atoms with Crippen molar-refractivity contribution in [3.8, 4) is 11.5 Å². The lowest BCUT2D eigenvalue weighted by molar-refractivity contribution is 0.0696. The van der Waals surface area contributed by atoms with E-state index < -0.39 is 5.97 Å². The number of carbonyl (C=O) groups is 2. The van der Waals surface area contributed by atoms with E-state index in [0.717, 1.165) is 11.1 Å². The Hall–Kier alpha value is -3.02. The zero-order chi connectivity index (χ0) is 18.4. The first-order chi connectivity index (χ1) is 11.9. The van der Waals surface area contributed by atoms with Gasteiger partial charge in [-0.25, -0.2) is 4.79 Å². The fourth-order valence-corrected chi connectivity index (χ4v) is 2.50. The summed E-state index contributed by atoms with van der Waals surface area (Å²) in [4.78, 5) is 23.3. The Kier molecular flexibility index (Phi) is 6.00. The van der Waals surface area contributed by atoms with Gasteiger partial charge < -0.3 is 19.9 Å². The van der Waals surface area contributed by atoms with Crippen molar-refractivity contribution in [1.82, 2.24) is 5.32 Å². The predicted molar refractivity (Wildman–Crippen MR) is 93.7 cm³/mol. The summed E-state index contributed by atoms with van der Waals surface area (Å²) in [6.45, 7) is 2.18. The van der Waals surface area contributed by atoms with Gasteiger partial charge in [-0.1, -0.05) is 6.07 Å². The van der Waals surface area contributed by atoms with Crippen LogP contribution >= 0.6 is 0 Å². The molecule has 0 aliphatic heterocycles. The number of carbonyl (C=O) groups excluding carboxylic acids is 1. The van der Waals surface area contributed by atoms with Crippen LogP contribution in [-0.2, 0) is 6.42 Å². The Bertz CT molecular complexity index is 785. The second-order valence-corrected chi connectivity index (χ2v) is 5.59. The summed E-state index contributed by atoms with van der Waals surface area (Å²) in [7, 11) is 3.15. The van der Waals surface area contributed by atoms with Gasteiger partial charge in [-0.3, -0.25) is 4.79 Å². The standard InChI is InChI=1S/C19H21NO5/c1-12-8-14(11-15(9-12)19(22)23)18(21)20-7-6-13-4-5-16(24-2)17(10-13)25-3/h4-5,8-11H,6-7H2,1-3H3,(H,20,21)(H,22,23). The quantitative estimate of drug-likeness (QED) is 0.807. The number of benzene rings is 2. The number of hydrogen-bond donors (Lipinski definition) is 2. The van der Waals surface area contributed by atoms with Crippen LogP contribution < -0.4 is 14.8 Å². The third-order valence-electron chi connectivity index (χ3n) is 3.73. The maximum atomic E-state index is 12.2. The van der Waals surface area contributed by atoms with Crippen LogP contribution in [0.5, 0.6) is 11.5 Å². The van der Waals surface area contributed by atoms with Crippen molar-refractivity contribution >= 4 is 11.9 Å². The van der Waals surface area contributed by atoms with Gasteiger partial charge in [0.1, 0.15) is 0 Å². The number of carboxylic acids is 1. The highest BCUT2D eigenvalue weighted by Crippen LogP contribution is 2.27. The third kappa shape index (κ3) is 4.73. The van der Waals surface area contributed by atoms with E-state index >= 15 is 0 Å². The Balaban J connectivity index is 2.00. The number of nitrogens with one attached hydrogen (secondary N) is 1. The molecule has 1 amide bonds. The summed E-state index contributed by atoms with van der Waals surface area (Å²) in [6.07, 6.45) is 0.615. The molecule has 6 nitrogen and oxygen atoms in total. The molecule has 2 N–H and O–H groups in total. The Labute approximate surface area is 146 Å². The average Bonchev–Trinajstić information content (AvgIpc) is 2.60. The van der Waals surface area contributed by atoms with Gasteiger partial charge in [0.15, 0.2) is 11.5 Å². The lowest BCUT2D eigenvalue weighted by Crippen LogP contribution is -2.26. The van der Waals surface area contributed by atoms with Crippen molar-refractivity contribution in [3.05, 3.63) is 58.7 Å². The molecule has 0 bridgehead atoms. The van der Waals surface area contributed by atoms with Gasteiger partial charge in [0.25, 0.3) is 5.91 Å². The Morgan fingerprint density at radius 3 is 2.32 bits per heavy atom. The molecular weight excluding hydrogens is 322 g/mol. The molecule has 0 aliphatic rings. The van der Waals surface area contributed by atoms with Crippen LogP contribution in [0.2, 0.25) is 0 Å². The van der Waals surface area contributed by atoms with Gasteiger partial charge in [-0.15, -0.1) is 0 Å². The van der Waals surface area contributed by atoms with Gasteiger partial charge in [-0.05, 0) is 54.8 Å². The molecule has 0 unspecified atom stereocenters. The monoisotopic (exact) mass is 343 g/mol. The summed E-state index contributed by atoms with van der Waals surface area (Å²) in [5.74, 6) is -0.0675. The van der Waals surface area contributed by atoms with Crippen molar-refractivity contribution < 1.29 is 24.2 Å². The normalized spacial score (nSPS) is 10.2. The van der Waals surface area contributed by atoms with E-state index in [4.69, 9.17) is 14.6 Å². The molecule has 6 heteroatoms. The van der Waals surface area contributed by atoms with Crippen LogP contribution in [-0.4, -0.2) is 37.7 Å². The number of amides is 1. The fraction of sp³-hybridized carbons (Fsp3) is 0.263. The number of rotatable bonds is 7. The van der Waals surface area contributed by atoms with Crippen LogP contribution in [0.1, 0.15) is 31.8 Å². The highest BCUT2D eigenvalue weighted by Gasteiger charge is 2.11. The summed E-state index contributed by atoms with van der Waals surface area (Å²) in [5, 5.41) is 11.9. The summed E-state index contributed by atoms with van der Waals surface area (Å²) < 4.78 is 10.4. The summed E-state index contributed by atoms with van der Waals surface area (Å²) in [5.41, 5.74) is 2.16. The van der Waals surface area contributed by atoms with Crippen LogP contribution in [0.25, 0.3) is 0 Å². The molecule has 0 saturated heterocycles. The SMILES string of the molecule is COc1ccc(CCNC(=O)c2cc(C)cc(C(=O)O)c2)cc1OC. The number of methoxy groups -OCH3 is 2. The van der Waals surface area contributed by atoms with Crippen molar-refractivity contribution in [2.75, 3.05) is 20.8 Å². The van der Waals surface area contributed by atoms with E-state index in [1.165, 1.54) is 12.1 Å². The van der Waals surface area contributed by atoms with E-state index in [0.29, 0.717) is 30.0 Å². The maximum absolute atomic E-state index is 12.2. The Morgan fingerprint density at radius 1 is 1.00 bits per heavy atom. The van der Waals surface area contributed by atoms with E-state index in [-0.39, 0.29) is 11.5 Å². The van der Waals surface area contributed by atoms with Gasteiger partial charge in [0.2, 0.25) is 0 Å². The van der Waals surface area contributed by atoms with Crippen LogP contribution in [0.15, 0.2) is 36.4 Å². The first-order valence-electron chi connectivity index (χ1n) is 7.78. The zero-order valence-electron chi connectivity index (χ0n) is 14.5. The number of ether oxygens (including phenoxy) is 2. The lowest BCUT2D eigenvalue weighted by Gasteiger charge is -2.10. The van der Waals surface area contributed by atoms with Gasteiger partial charge in [0.05, 0.1) is 19.8 Å². The minimum Gasteiger partial charge on any atom is -0.493 e. The fourth-order valence-electron chi connectivity index (χ4n) is 2.50. The molecule has 25 heavy (non-hydrogen) atoms. The van der Waals surface area contributed by atoms with Gasteiger partial charge in [-0.2, -0.15) is 0 Å². The van der Waals surface area contributed by atoms with Crippen LogP contribution in [0.4, 0.5) is 0 Å². The molecule has 0 atom stereocenters. The Morgan fingerprint density at radius 2 is 1.68 bits per heavy atom. The molecule has 0 spiro atoms. The number of hydrogen-bond acceptors (Lipinski definition) is 4. The number of carboxylic acid groups (broad SMARTS) is 1. The third-order valence-corrected chi connectivity index (χ3v) is 3.73. The topological polar surface area (TPSA) is 84.9 Å². The highest BCUT2D eigenvalue weighted by atomic mass is 16.5. The first-order valence-corrected chi connectivity index (χ1v) is 7.78. The van der Waals surface area contributed by atoms with E-state index in [2.05, 4.69) is 5.32 Å². The molecule has 0 saturated carbocycles. The minimum atomic E-state index is -1.05. The van der Waals surface area contributed by atoms with Crippen molar-refractivity contribution in [3.63, 3.8) is 0 Å². The lowest BCUT2D eigenvalue weighted by atomic mass is 10.1. The van der Waals surface area contributed by atoms with Crippen LogP contribution in [0, 0.1) is 6.92 Å². The van der Waals surface area contributed by atoms with Gasteiger partial charge >= 0.3 is 5.97 Å². The van der Waals surface area contributed by atoms with E-state index in [9.17, 15) is 9.59 Å². The molecule has 0 heterocycles. The number of aromatic carboxylic acids is 1. The molecule has 132 valence electrons. The maximum Gasteiger partial charge on any atom is 0.335 e. The van der Waals surface area contributed by atoms with Crippen LogP contribution in [0.3, 0.4) is 0 Å². The van der Waals surface area contributed by atoms with Crippen molar-refractivity contribution in [2.24, 2.45) is 0 Å². The van der Waals surface area contributed by atoms with Gasteiger partial charge in [0, 0.05) is 12.1 Å².